The van der Waals surface area contributed by atoms with Gasteiger partial charge in [-0.3, -0.25) is 0 Å². The Morgan fingerprint density at radius 2 is 1.85 bits per heavy atom. The van der Waals surface area contributed by atoms with Crippen molar-refractivity contribution in [3.05, 3.63) is 0 Å². The Kier molecular flexibility index (Phi) is 3.39. The zero-order chi connectivity index (χ0) is 10.1. The van der Waals surface area contributed by atoms with Crippen molar-refractivity contribution in [2.45, 2.75) is 41.0 Å². The van der Waals surface area contributed by atoms with E-state index >= 15 is 0 Å². The van der Waals surface area contributed by atoms with Gasteiger partial charge in [-0.25, -0.2) is 0 Å². The van der Waals surface area contributed by atoms with Crippen LogP contribution in [0.1, 0.15) is 41.0 Å². The minimum Gasteiger partial charge on any atom is -0.381 e. The summed E-state index contributed by atoms with van der Waals surface area (Å²) in [4.78, 5) is 0. The molecule has 0 bridgehead atoms. The maximum atomic E-state index is 5.59. The van der Waals surface area contributed by atoms with Gasteiger partial charge in [-0.15, -0.1) is 0 Å². The molecule has 0 radical (unpaired) electrons. The summed E-state index contributed by atoms with van der Waals surface area (Å²) >= 11 is 0. The number of ether oxygens (including phenoxy) is 1. The highest BCUT2D eigenvalue weighted by Gasteiger charge is 2.40. The molecule has 1 saturated heterocycles. The van der Waals surface area contributed by atoms with Crippen LogP contribution in [0.2, 0.25) is 0 Å². The molecule has 0 saturated carbocycles. The normalized spacial score (nSPS) is 35.8. The Morgan fingerprint density at radius 3 is 2.23 bits per heavy atom. The zero-order valence-electron chi connectivity index (χ0n) is 9.76. The Bertz CT molecular complexity index is 163. The highest BCUT2D eigenvalue weighted by Crippen LogP contribution is 2.44. The third-order valence-corrected chi connectivity index (χ3v) is 4.05. The standard InChI is InChI=1S/C12H24O/c1-9(2)11-8-13-7-6-12(11,5)10(3)4/h9-11H,6-8H2,1-5H3. The van der Waals surface area contributed by atoms with E-state index in [0.717, 1.165) is 31.0 Å². The average molecular weight is 184 g/mol. The van der Waals surface area contributed by atoms with Crippen LogP contribution >= 0.6 is 0 Å². The van der Waals surface area contributed by atoms with Gasteiger partial charge in [-0.1, -0.05) is 34.6 Å². The van der Waals surface area contributed by atoms with E-state index in [1.165, 1.54) is 6.42 Å². The molecule has 1 heteroatoms. The van der Waals surface area contributed by atoms with Crippen molar-refractivity contribution in [2.24, 2.45) is 23.2 Å². The van der Waals surface area contributed by atoms with Crippen LogP contribution < -0.4 is 0 Å². The zero-order valence-corrected chi connectivity index (χ0v) is 9.76. The van der Waals surface area contributed by atoms with Crippen molar-refractivity contribution in [1.29, 1.82) is 0 Å². The molecule has 0 N–H and O–H groups in total. The Balaban J connectivity index is 2.77. The summed E-state index contributed by atoms with van der Waals surface area (Å²) in [5.41, 5.74) is 0.492. The molecule has 1 aliphatic heterocycles. The average Bonchev–Trinajstić information content (AvgIpc) is 2.04. The molecule has 0 aromatic rings. The maximum absolute atomic E-state index is 5.59. The molecule has 13 heavy (non-hydrogen) atoms. The molecule has 0 aromatic carbocycles. The molecule has 1 fully saturated rings. The van der Waals surface area contributed by atoms with E-state index in [1.54, 1.807) is 0 Å². The van der Waals surface area contributed by atoms with Crippen molar-refractivity contribution in [3.8, 4) is 0 Å². The Hall–Kier alpha value is -0.0400. The summed E-state index contributed by atoms with van der Waals surface area (Å²) in [5, 5.41) is 0. The first-order valence-electron chi connectivity index (χ1n) is 5.56. The molecule has 1 rings (SSSR count). The number of rotatable bonds is 2. The largest absolute Gasteiger partial charge is 0.381 e. The fourth-order valence-corrected chi connectivity index (χ4v) is 2.55. The molecule has 1 heterocycles. The predicted octanol–water partition coefficient (Wildman–Crippen LogP) is 3.34. The molecule has 0 amide bonds. The van der Waals surface area contributed by atoms with Crippen LogP contribution in [0, 0.1) is 23.2 Å². The minimum absolute atomic E-state index is 0.492. The van der Waals surface area contributed by atoms with Gasteiger partial charge in [0.25, 0.3) is 0 Å². The van der Waals surface area contributed by atoms with Crippen molar-refractivity contribution in [1.82, 2.24) is 0 Å². The molecule has 0 aliphatic carbocycles. The third kappa shape index (κ3) is 2.07. The van der Waals surface area contributed by atoms with Crippen LogP contribution in [0.4, 0.5) is 0 Å². The van der Waals surface area contributed by atoms with Gasteiger partial charge in [0.1, 0.15) is 0 Å². The lowest BCUT2D eigenvalue weighted by atomic mass is 9.63. The Labute approximate surface area is 82.9 Å². The van der Waals surface area contributed by atoms with Crippen molar-refractivity contribution in [2.75, 3.05) is 13.2 Å². The quantitative estimate of drug-likeness (QED) is 0.639. The topological polar surface area (TPSA) is 9.23 Å². The number of hydrogen-bond donors (Lipinski definition) is 0. The summed E-state index contributed by atoms with van der Waals surface area (Å²) in [6.07, 6.45) is 1.23. The monoisotopic (exact) mass is 184 g/mol. The molecule has 78 valence electrons. The van der Waals surface area contributed by atoms with Crippen LogP contribution in [0.5, 0.6) is 0 Å². The second-order valence-corrected chi connectivity index (χ2v) is 5.34. The van der Waals surface area contributed by atoms with Gasteiger partial charge in [-0.2, -0.15) is 0 Å². The maximum Gasteiger partial charge on any atom is 0.0502 e. The van der Waals surface area contributed by atoms with E-state index < -0.39 is 0 Å². The smallest absolute Gasteiger partial charge is 0.0502 e. The van der Waals surface area contributed by atoms with E-state index in [9.17, 15) is 0 Å². The van der Waals surface area contributed by atoms with Gasteiger partial charge in [-0.05, 0) is 29.6 Å². The van der Waals surface area contributed by atoms with Gasteiger partial charge in [0.2, 0.25) is 0 Å². The van der Waals surface area contributed by atoms with Crippen LogP contribution in [-0.2, 0) is 4.74 Å². The molecule has 0 aromatic heterocycles. The highest BCUT2D eigenvalue weighted by atomic mass is 16.5. The van der Waals surface area contributed by atoms with Gasteiger partial charge in [0.05, 0.1) is 6.61 Å². The lowest BCUT2D eigenvalue weighted by Gasteiger charge is -2.46. The van der Waals surface area contributed by atoms with Crippen LogP contribution in [0.15, 0.2) is 0 Å². The molecular weight excluding hydrogens is 160 g/mol. The third-order valence-electron chi connectivity index (χ3n) is 4.05. The molecule has 1 nitrogen and oxygen atoms in total. The molecule has 1 aliphatic rings. The first-order valence-corrected chi connectivity index (χ1v) is 5.56. The van der Waals surface area contributed by atoms with Crippen molar-refractivity contribution in [3.63, 3.8) is 0 Å². The summed E-state index contributed by atoms with van der Waals surface area (Å²) in [6, 6.07) is 0. The van der Waals surface area contributed by atoms with E-state index in [2.05, 4.69) is 34.6 Å². The minimum atomic E-state index is 0.492. The molecule has 2 unspecified atom stereocenters. The molecule has 0 spiro atoms. The van der Waals surface area contributed by atoms with Gasteiger partial charge in [0.15, 0.2) is 0 Å². The van der Waals surface area contributed by atoms with E-state index in [1.807, 2.05) is 0 Å². The summed E-state index contributed by atoms with van der Waals surface area (Å²) in [7, 11) is 0. The first kappa shape index (κ1) is 11.0. The van der Waals surface area contributed by atoms with Gasteiger partial charge in [0, 0.05) is 6.61 Å². The SMILES string of the molecule is CC(C)C1COCCC1(C)C(C)C. The first-order chi connectivity index (χ1) is 5.98. The fourth-order valence-electron chi connectivity index (χ4n) is 2.55. The van der Waals surface area contributed by atoms with Crippen molar-refractivity contribution >= 4 is 0 Å². The Morgan fingerprint density at radius 1 is 1.23 bits per heavy atom. The lowest BCUT2D eigenvalue weighted by Crippen LogP contribution is -2.43. The van der Waals surface area contributed by atoms with E-state index in [0.29, 0.717) is 5.41 Å². The lowest BCUT2D eigenvalue weighted by molar-refractivity contribution is -0.0743. The van der Waals surface area contributed by atoms with E-state index in [4.69, 9.17) is 4.74 Å². The second-order valence-electron chi connectivity index (χ2n) is 5.34. The van der Waals surface area contributed by atoms with Gasteiger partial charge >= 0.3 is 0 Å². The van der Waals surface area contributed by atoms with Gasteiger partial charge < -0.3 is 4.74 Å². The van der Waals surface area contributed by atoms with Crippen molar-refractivity contribution < 1.29 is 4.74 Å². The summed E-state index contributed by atoms with van der Waals surface area (Å²) < 4.78 is 5.59. The van der Waals surface area contributed by atoms with Crippen LogP contribution in [-0.4, -0.2) is 13.2 Å². The number of hydrogen-bond acceptors (Lipinski definition) is 1. The van der Waals surface area contributed by atoms with Crippen LogP contribution in [0.25, 0.3) is 0 Å². The van der Waals surface area contributed by atoms with E-state index in [-0.39, 0.29) is 0 Å². The summed E-state index contributed by atoms with van der Waals surface area (Å²) in [5.74, 6) is 2.25. The predicted molar refractivity (Wildman–Crippen MR) is 56.7 cm³/mol. The fraction of sp³-hybridized carbons (Fsp3) is 1.00. The summed E-state index contributed by atoms with van der Waals surface area (Å²) in [6.45, 7) is 13.7. The highest BCUT2D eigenvalue weighted by molar-refractivity contribution is 4.89. The molecular formula is C12H24O. The van der Waals surface area contributed by atoms with Crippen LogP contribution in [0.3, 0.4) is 0 Å². The second kappa shape index (κ2) is 4.00. The molecule has 2 atom stereocenters.